The van der Waals surface area contributed by atoms with E-state index in [2.05, 4.69) is 5.32 Å². The fourth-order valence-corrected chi connectivity index (χ4v) is 2.21. The number of carboxylic acid groups (broad SMARTS) is 1. The molecule has 20 heavy (non-hydrogen) atoms. The molecule has 104 valence electrons. The Hall–Kier alpha value is -2.00. The van der Waals surface area contributed by atoms with Crippen LogP contribution in [0.1, 0.15) is 16.7 Å². The number of carboxylic acids is 1. The topological polar surface area (TPSA) is 49.3 Å². The Morgan fingerprint density at radius 3 is 2.40 bits per heavy atom. The predicted octanol–water partition coefficient (Wildman–Crippen LogP) is 3.89. The minimum absolute atomic E-state index is 0.0531. The van der Waals surface area contributed by atoms with E-state index in [0.717, 1.165) is 22.4 Å². The van der Waals surface area contributed by atoms with Gasteiger partial charge in [-0.15, -0.1) is 0 Å². The standard InChI is InChI=1S/C16H16ClNO2/c1-11-2-7-15(14(17)8-11)18-10-13-5-3-12(4-6-13)9-16(19)20/h2-8,18H,9-10H2,1H3,(H,19,20). The van der Waals surface area contributed by atoms with Crippen LogP contribution in [-0.2, 0) is 17.8 Å². The molecule has 0 aliphatic rings. The smallest absolute Gasteiger partial charge is 0.307 e. The molecule has 0 spiro atoms. The Labute approximate surface area is 123 Å². The van der Waals surface area contributed by atoms with Crippen molar-refractivity contribution in [2.75, 3.05) is 5.32 Å². The van der Waals surface area contributed by atoms with Crippen LogP contribution in [0, 0.1) is 6.92 Å². The van der Waals surface area contributed by atoms with Gasteiger partial charge in [0.25, 0.3) is 0 Å². The first-order chi connectivity index (χ1) is 9.54. The lowest BCUT2D eigenvalue weighted by Gasteiger charge is -2.09. The van der Waals surface area contributed by atoms with Gasteiger partial charge < -0.3 is 10.4 Å². The molecule has 0 bridgehead atoms. The quantitative estimate of drug-likeness (QED) is 0.878. The summed E-state index contributed by atoms with van der Waals surface area (Å²) in [4.78, 5) is 10.6. The van der Waals surface area contributed by atoms with Crippen molar-refractivity contribution in [3.05, 3.63) is 64.2 Å². The van der Waals surface area contributed by atoms with Gasteiger partial charge in [0.15, 0.2) is 0 Å². The van der Waals surface area contributed by atoms with Gasteiger partial charge in [-0.05, 0) is 35.7 Å². The van der Waals surface area contributed by atoms with Crippen LogP contribution in [0.2, 0.25) is 5.02 Å². The number of aryl methyl sites for hydroxylation is 1. The summed E-state index contributed by atoms with van der Waals surface area (Å²) in [6, 6.07) is 13.4. The summed E-state index contributed by atoms with van der Waals surface area (Å²) in [5.74, 6) is -0.817. The number of benzene rings is 2. The Kier molecular flexibility index (Phi) is 4.64. The maximum atomic E-state index is 10.6. The lowest BCUT2D eigenvalue weighted by atomic mass is 10.1. The molecule has 0 aromatic heterocycles. The maximum absolute atomic E-state index is 10.6. The first-order valence-electron chi connectivity index (χ1n) is 6.34. The van der Waals surface area contributed by atoms with Crippen LogP contribution >= 0.6 is 11.6 Å². The summed E-state index contributed by atoms with van der Waals surface area (Å²) in [6.45, 7) is 2.65. The van der Waals surface area contributed by atoms with E-state index in [0.29, 0.717) is 11.6 Å². The van der Waals surface area contributed by atoms with Gasteiger partial charge >= 0.3 is 5.97 Å². The van der Waals surface area contributed by atoms with Gasteiger partial charge in [0, 0.05) is 6.54 Å². The minimum atomic E-state index is -0.817. The van der Waals surface area contributed by atoms with Crippen LogP contribution < -0.4 is 5.32 Å². The molecule has 0 aliphatic heterocycles. The number of hydrogen-bond acceptors (Lipinski definition) is 2. The van der Waals surface area contributed by atoms with Crippen LogP contribution in [0.15, 0.2) is 42.5 Å². The highest BCUT2D eigenvalue weighted by Crippen LogP contribution is 2.23. The monoisotopic (exact) mass is 289 g/mol. The van der Waals surface area contributed by atoms with Gasteiger partial charge in [0.2, 0.25) is 0 Å². The minimum Gasteiger partial charge on any atom is -0.481 e. The molecule has 4 heteroatoms. The highest BCUT2D eigenvalue weighted by Gasteiger charge is 2.02. The average molecular weight is 290 g/mol. The molecule has 0 fully saturated rings. The second kappa shape index (κ2) is 6.44. The molecule has 2 rings (SSSR count). The molecule has 0 heterocycles. The average Bonchev–Trinajstić information content (AvgIpc) is 2.39. The lowest BCUT2D eigenvalue weighted by molar-refractivity contribution is -0.136. The first-order valence-corrected chi connectivity index (χ1v) is 6.72. The number of anilines is 1. The third kappa shape index (κ3) is 4.00. The van der Waals surface area contributed by atoms with Gasteiger partial charge in [0.1, 0.15) is 0 Å². The molecule has 2 aromatic rings. The van der Waals surface area contributed by atoms with Crippen LogP contribution in [-0.4, -0.2) is 11.1 Å². The summed E-state index contributed by atoms with van der Waals surface area (Å²) in [6.07, 6.45) is 0.0531. The molecule has 0 saturated carbocycles. The van der Waals surface area contributed by atoms with E-state index < -0.39 is 5.97 Å². The largest absolute Gasteiger partial charge is 0.481 e. The van der Waals surface area contributed by atoms with Crippen molar-refractivity contribution in [3.8, 4) is 0 Å². The zero-order chi connectivity index (χ0) is 14.5. The van der Waals surface area contributed by atoms with E-state index in [4.69, 9.17) is 16.7 Å². The van der Waals surface area contributed by atoms with Gasteiger partial charge in [-0.25, -0.2) is 0 Å². The molecule has 3 nitrogen and oxygen atoms in total. The Bertz CT molecular complexity index is 608. The molecule has 0 atom stereocenters. The fourth-order valence-electron chi connectivity index (χ4n) is 1.91. The van der Waals surface area contributed by atoms with Gasteiger partial charge in [-0.1, -0.05) is 41.9 Å². The van der Waals surface area contributed by atoms with Crippen LogP contribution in [0.3, 0.4) is 0 Å². The predicted molar refractivity (Wildman–Crippen MR) is 81.3 cm³/mol. The van der Waals surface area contributed by atoms with Gasteiger partial charge in [-0.2, -0.15) is 0 Å². The molecule has 0 saturated heterocycles. The maximum Gasteiger partial charge on any atom is 0.307 e. The molecular weight excluding hydrogens is 274 g/mol. The van der Waals surface area contributed by atoms with Crippen molar-refractivity contribution in [1.82, 2.24) is 0 Å². The molecule has 2 aromatic carbocycles. The Balaban J connectivity index is 1.98. The van der Waals surface area contributed by atoms with Crippen molar-refractivity contribution in [2.45, 2.75) is 19.9 Å². The normalized spacial score (nSPS) is 10.3. The number of hydrogen-bond donors (Lipinski definition) is 2. The zero-order valence-corrected chi connectivity index (χ0v) is 11.9. The van der Waals surface area contributed by atoms with E-state index in [1.54, 1.807) is 0 Å². The highest BCUT2D eigenvalue weighted by molar-refractivity contribution is 6.33. The van der Waals surface area contributed by atoms with E-state index in [9.17, 15) is 4.79 Å². The Morgan fingerprint density at radius 1 is 1.15 bits per heavy atom. The van der Waals surface area contributed by atoms with Gasteiger partial charge in [-0.3, -0.25) is 4.79 Å². The van der Waals surface area contributed by atoms with E-state index >= 15 is 0 Å². The third-order valence-corrected chi connectivity index (χ3v) is 3.30. The van der Waals surface area contributed by atoms with Gasteiger partial charge in [0.05, 0.1) is 17.1 Å². The summed E-state index contributed by atoms with van der Waals surface area (Å²) in [5, 5.41) is 12.7. The molecular formula is C16H16ClNO2. The zero-order valence-electron chi connectivity index (χ0n) is 11.2. The molecule has 0 aliphatic carbocycles. The number of rotatable bonds is 5. The molecule has 0 radical (unpaired) electrons. The third-order valence-electron chi connectivity index (χ3n) is 2.99. The summed E-state index contributed by atoms with van der Waals surface area (Å²) < 4.78 is 0. The lowest BCUT2D eigenvalue weighted by Crippen LogP contribution is -2.02. The number of carbonyl (C=O) groups is 1. The second-order valence-corrected chi connectivity index (χ2v) is 5.13. The fraction of sp³-hybridized carbons (Fsp3) is 0.188. The number of nitrogens with one attached hydrogen (secondary N) is 1. The summed E-state index contributed by atoms with van der Waals surface area (Å²) in [7, 11) is 0. The van der Waals surface area contributed by atoms with Crippen LogP contribution in [0.5, 0.6) is 0 Å². The first kappa shape index (κ1) is 14.4. The Morgan fingerprint density at radius 2 is 1.80 bits per heavy atom. The molecule has 0 unspecified atom stereocenters. The van der Waals surface area contributed by atoms with Crippen LogP contribution in [0.25, 0.3) is 0 Å². The second-order valence-electron chi connectivity index (χ2n) is 4.72. The van der Waals surface area contributed by atoms with E-state index in [-0.39, 0.29) is 6.42 Å². The van der Waals surface area contributed by atoms with Crippen molar-refractivity contribution >= 4 is 23.3 Å². The van der Waals surface area contributed by atoms with Crippen molar-refractivity contribution < 1.29 is 9.90 Å². The SMILES string of the molecule is Cc1ccc(NCc2ccc(CC(=O)O)cc2)c(Cl)c1. The number of aliphatic carboxylic acids is 1. The van der Waals surface area contributed by atoms with E-state index in [1.807, 2.05) is 49.4 Å². The summed E-state index contributed by atoms with van der Waals surface area (Å²) in [5.41, 5.74) is 3.90. The van der Waals surface area contributed by atoms with Crippen molar-refractivity contribution in [1.29, 1.82) is 0 Å². The molecule has 2 N–H and O–H groups in total. The van der Waals surface area contributed by atoms with Crippen LogP contribution in [0.4, 0.5) is 5.69 Å². The highest BCUT2D eigenvalue weighted by atomic mass is 35.5. The number of halogens is 1. The molecule has 0 amide bonds. The van der Waals surface area contributed by atoms with E-state index in [1.165, 1.54) is 0 Å². The van der Waals surface area contributed by atoms with Crippen molar-refractivity contribution in [3.63, 3.8) is 0 Å². The summed E-state index contributed by atoms with van der Waals surface area (Å²) >= 11 is 6.15. The van der Waals surface area contributed by atoms with Crippen molar-refractivity contribution in [2.24, 2.45) is 0 Å².